The second kappa shape index (κ2) is 4.48. The topological polar surface area (TPSA) is 44.3 Å². The summed E-state index contributed by atoms with van der Waals surface area (Å²) < 4.78 is 2.09. The number of hydrogen-bond acceptors (Lipinski definition) is 2. The molecular weight excluding hydrogens is 226 g/mol. The fourth-order valence-corrected chi connectivity index (χ4v) is 2.12. The molecule has 0 aliphatic carbocycles. The van der Waals surface area contributed by atoms with Crippen molar-refractivity contribution in [3.05, 3.63) is 30.1 Å². The molecule has 0 aliphatic rings. The first-order chi connectivity index (χ1) is 8.41. The molecule has 0 bridgehead atoms. The lowest BCUT2D eigenvalue weighted by molar-refractivity contribution is -0.715. The van der Waals surface area contributed by atoms with Gasteiger partial charge in [0.25, 0.3) is 0 Å². The van der Waals surface area contributed by atoms with E-state index in [1.54, 1.807) is 0 Å². The monoisotopic (exact) mass is 246 g/mol. The number of aromatic hydroxyl groups is 2. The highest BCUT2D eigenvalue weighted by molar-refractivity contribution is 5.90. The molecule has 2 rings (SSSR count). The van der Waals surface area contributed by atoms with Crippen molar-refractivity contribution in [3.8, 4) is 11.5 Å². The van der Waals surface area contributed by atoms with E-state index < -0.39 is 0 Å². The van der Waals surface area contributed by atoms with Gasteiger partial charge in [-0.25, -0.2) is 4.57 Å². The average Bonchev–Trinajstić information content (AvgIpc) is 2.32. The van der Waals surface area contributed by atoms with E-state index in [1.165, 1.54) is 0 Å². The van der Waals surface area contributed by atoms with Crippen molar-refractivity contribution >= 4 is 10.8 Å². The molecule has 0 saturated carbocycles. The molecule has 2 aromatic rings. The Morgan fingerprint density at radius 3 is 2.28 bits per heavy atom. The van der Waals surface area contributed by atoms with Gasteiger partial charge in [-0.05, 0) is 25.8 Å². The average molecular weight is 246 g/mol. The summed E-state index contributed by atoms with van der Waals surface area (Å²) in [5.74, 6) is 0.153. The quantitative estimate of drug-likeness (QED) is 0.631. The molecule has 0 spiro atoms. The zero-order chi connectivity index (χ0) is 13.4. The van der Waals surface area contributed by atoms with Crippen LogP contribution >= 0.6 is 0 Å². The van der Waals surface area contributed by atoms with Gasteiger partial charge in [-0.15, -0.1) is 0 Å². The predicted molar refractivity (Wildman–Crippen MR) is 71.9 cm³/mol. The molecule has 1 aromatic carbocycles. The maximum Gasteiger partial charge on any atom is 0.177 e. The second-order valence-electron chi connectivity index (χ2n) is 5.31. The van der Waals surface area contributed by atoms with E-state index in [-0.39, 0.29) is 17.4 Å². The van der Waals surface area contributed by atoms with E-state index in [0.29, 0.717) is 11.4 Å². The Labute approximate surface area is 107 Å². The van der Waals surface area contributed by atoms with E-state index in [4.69, 9.17) is 0 Å². The molecule has 3 heteroatoms. The zero-order valence-electron chi connectivity index (χ0n) is 11.3. The normalized spacial score (nSPS) is 11.7. The Hall–Kier alpha value is -1.77. The molecule has 0 saturated heterocycles. The van der Waals surface area contributed by atoms with Gasteiger partial charge in [0.05, 0.1) is 0 Å². The number of rotatable bonds is 2. The van der Waals surface area contributed by atoms with Gasteiger partial charge in [0.15, 0.2) is 29.9 Å². The number of aromatic nitrogens is 1. The van der Waals surface area contributed by atoms with E-state index in [0.717, 1.165) is 10.9 Å². The van der Waals surface area contributed by atoms with Gasteiger partial charge in [-0.2, -0.15) is 0 Å². The highest BCUT2D eigenvalue weighted by Gasteiger charge is 2.17. The minimum Gasteiger partial charge on any atom is -0.504 e. The first-order valence-electron chi connectivity index (χ1n) is 6.31. The first-order valence-corrected chi connectivity index (χ1v) is 6.31. The maximum absolute atomic E-state index is 10.1. The fraction of sp³-hybridized carbons (Fsp3) is 0.400. The number of fused-ring (bicyclic) bond motifs is 1. The number of benzene rings is 1. The van der Waals surface area contributed by atoms with Crippen LogP contribution in [0.1, 0.15) is 45.2 Å². The number of phenols is 2. The predicted octanol–water partition coefficient (Wildman–Crippen LogP) is 3.24. The molecule has 2 N–H and O–H groups in total. The molecule has 0 radical (unpaired) electrons. The molecule has 1 aromatic heterocycles. The van der Waals surface area contributed by atoms with Crippen LogP contribution in [0.3, 0.4) is 0 Å². The summed E-state index contributed by atoms with van der Waals surface area (Å²) in [5.41, 5.74) is 0.779. The van der Waals surface area contributed by atoms with Crippen molar-refractivity contribution in [3.63, 3.8) is 0 Å². The van der Waals surface area contributed by atoms with Crippen LogP contribution in [0.2, 0.25) is 0 Å². The lowest BCUT2D eigenvalue weighted by atomic mass is 9.98. The number of pyridine rings is 1. The molecule has 0 unspecified atom stereocenters. The Bertz CT molecular complexity index is 589. The molecule has 18 heavy (non-hydrogen) atoms. The SMILES string of the molecule is CC(C)c1cc2c[n+](C(C)C)ccc2c(O)c1O. The molecule has 0 fully saturated rings. The standard InChI is InChI=1S/C15H19NO2/c1-9(2)13-7-11-8-16(10(3)4)6-5-12(11)14(17)15(13)18/h5-10,17H,1-4H3/p+1. The highest BCUT2D eigenvalue weighted by Crippen LogP contribution is 2.39. The second-order valence-corrected chi connectivity index (χ2v) is 5.31. The third kappa shape index (κ3) is 2.01. The third-order valence-corrected chi connectivity index (χ3v) is 3.29. The van der Waals surface area contributed by atoms with Gasteiger partial charge < -0.3 is 10.2 Å². The van der Waals surface area contributed by atoms with Gasteiger partial charge in [0.2, 0.25) is 0 Å². The van der Waals surface area contributed by atoms with Crippen LogP contribution in [0.15, 0.2) is 24.5 Å². The van der Waals surface area contributed by atoms with Crippen LogP contribution in [0.4, 0.5) is 0 Å². The van der Waals surface area contributed by atoms with Crippen molar-refractivity contribution in [1.82, 2.24) is 0 Å². The highest BCUT2D eigenvalue weighted by atomic mass is 16.3. The zero-order valence-corrected chi connectivity index (χ0v) is 11.3. The van der Waals surface area contributed by atoms with Gasteiger partial charge in [-0.3, -0.25) is 0 Å². The summed E-state index contributed by atoms with van der Waals surface area (Å²) in [6, 6.07) is 4.16. The van der Waals surface area contributed by atoms with Gasteiger partial charge >= 0.3 is 0 Å². The third-order valence-electron chi connectivity index (χ3n) is 3.29. The van der Waals surface area contributed by atoms with Crippen molar-refractivity contribution in [1.29, 1.82) is 0 Å². The van der Waals surface area contributed by atoms with Gasteiger partial charge in [0.1, 0.15) is 0 Å². The van der Waals surface area contributed by atoms with Crippen molar-refractivity contribution in [2.24, 2.45) is 0 Å². The van der Waals surface area contributed by atoms with Gasteiger partial charge in [0, 0.05) is 22.4 Å². The van der Waals surface area contributed by atoms with Crippen LogP contribution in [-0.2, 0) is 0 Å². The Balaban J connectivity index is 2.75. The van der Waals surface area contributed by atoms with E-state index in [2.05, 4.69) is 18.4 Å². The summed E-state index contributed by atoms with van der Waals surface area (Å²) in [4.78, 5) is 0. The maximum atomic E-state index is 10.1. The molecule has 0 aliphatic heterocycles. The lowest BCUT2D eigenvalue weighted by Gasteiger charge is -2.12. The fourth-order valence-electron chi connectivity index (χ4n) is 2.12. The van der Waals surface area contributed by atoms with Crippen LogP contribution < -0.4 is 4.57 Å². The van der Waals surface area contributed by atoms with E-state index >= 15 is 0 Å². The molecule has 0 amide bonds. The molecular formula is C15H20NO2+. The summed E-state index contributed by atoms with van der Waals surface area (Å²) in [6.07, 6.45) is 3.92. The minimum atomic E-state index is -0.0212. The van der Waals surface area contributed by atoms with Crippen LogP contribution in [0, 0.1) is 0 Å². The number of nitrogens with zero attached hydrogens (tertiary/aromatic N) is 1. The first kappa shape index (κ1) is 12.7. The largest absolute Gasteiger partial charge is 0.504 e. The van der Waals surface area contributed by atoms with E-state index in [9.17, 15) is 10.2 Å². The molecule has 0 atom stereocenters. The summed E-state index contributed by atoms with van der Waals surface area (Å²) in [5, 5.41) is 21.7. The smallest absolute Gasteiger partial charge is 0.177 e. The molecule has 96 valence electrons. The number of phenolic OH excluding ortho intramolecular Hbond substituents is 2. The Morgan fingerprint density at radius 2 is 1.72 bits per heavy atom. The molecule has 3 nitrogen and oxygen atoms in total. The van der Waals surface area contributed by atoms with E-state index in [1.807, 2.05) is 38.4 Å². The summed E-state index contributed by atoms with van der Waals surface area (Å²) >= 11 is 0. The Kier molecular flexibility index (Phi) is 3.16. The number of hydrogen-bond donors (Lipinski definition) is 2. The Morgan fingerprint density at radius 1 is 1.06 bits per heavy atom. The van der Waals surface area contributed by atoms with Gasteiger partial charge in [-0.1, -0.05) is 13.8 Å². The lowest BCUT2D eigenvalue weighted by Crippen LogP contribution is -2.34. The molecule has 1 heterocycles. The van der Waals surface area contributed by atoms with Crippen LogP contribution in [0.25, 0.3) is 10.8 Å². The van der Waals surface area contributed by atoms with Crippen molar-refractivity contribution in [2.75, 3.05) is 0 Å². The minimum absolute atomic E-state index is 0.000188. The summed E-state index contributed by atoms with van der Waals surface area (Å²) in [7, 11) is 0. The van der Waals surface area contributed by atoms with Crippen LogP contribution in [-0.4, -0.2) is 10.2 Å². The summed E-state index contributed by atoms with van der Waals surface area (Å²) in [6.45, 7) is 8.21. The van der Waals surface area contributed by atoms with Crippen molar-refractivity contribution in [2.45, 2.75) is 39.7 Å². The van der Waals surface area contributed by atoms with Crippen LogP contribution in [0.5, 0.6) is 11.5 Å². The van der Waals surface area contributed by atoms with Crippen molar-refractivity contribution < 1.29 is 14.8 Å².